The number of nitrogens with zero attached hydrogens (tertiary/aromatic N) is 3. The molecule has 2 fully saturated rings. The van der Waals surface area contributed by atoms with Crippen LogP contribution in [0.2, 0.25) is 0 Å². The molecular weight excluding hydrogens is 540 g/mol. The van der Waals surface area contributed by atoms with E-state index in [1.165, 1.54) is 0 Å². The van der Waals surface area contributed by atoms with E-state index in [-0.39, 0.29) is 11.3 Å². The van der Waals surface area contributed by atoms with Gasteiger partial charge in [0.25, 0.3) is 0 Å². The molecule has 1 spiro atoms. The first-order chi connectivity index (χ1) is 16.8. The minimum atomic E-state index is -5.08. The SMILES string of the molecule is CCS(=O)(=O)N1CC2(CC(COc3ccccn3)CCN2C)C1.O=C(O)C(F)(F)F.O=C(O)C(F)(F)F. The van der Waals surface area contributed by atoms with E-state index in [9.17, 15) is 34.8 Å². The van der Waals surface area contributed by atoms with Crippen LogP contribution in [-0.2, 0) is 19.6 Å². The van der Waals surface area contributed by atoms with Gasteiger partial charge in [-0.2, -0.15) is 30.6 Å². The molecule has 0 radical (unpaired) electrons. The lowest BCUT2D eigenvalue weighted by atomic mass is 9.77. The molecule has 1 aromatic rings. The van der Waals surface area contributed by atoms with Crippen molar-refractivity contribution in [2.75, 3.05) is 39.0 Å². The van der Waals surface area contributed by atoms with Gasteiger partial charge in [-0.25, -0.2) is 23.0 Å². The van der Waals surface area contributed by atoms with Crippen molar-refractivity contribution in [2.24, 2.45) is 5.92 Å². The average molecular weight is 568 g/mol. The molecule has 3 rings (SSSR count). The third-order valence-electron chi connectivity index (χ3n) is 5.64. The number of ether oxygens (including phenoxy) is 1. The number of likely N-dealkylation sites (tertiary alicyclic amines) is 1. The number of likely N-dealkylation sites (N-methyl/N-ethyl adjacent to an activating group) is 1. The van der Waals surface area contributed by atoms with Gasteiger partial charge in [0.1, 0.15) is 0 Å². The van der Waals surface area contributed by atoms with Gasteiger partial charge in [0.05, 0.1) is 12.4 Å². The minimum Gasteiger partial charge on any atom is -0.477 e. The quantitative estimate of drug-likeness (QED) is 0.514. The second-order valence-electron chi connectivity index (χ2n) is 8.26. The molecule has 1 atom stereocenters. The molecule has 10 nitrogen and oxygen atoms in total. The van der Waals surface area contributed by atoms with E-state index in [0.717, 1.165) is 19.4 Å². The summed E-state index contributed by atoms with van der Waals surface area (Å²) >= 11 is 0. The number of piperidine rings is 1. The van der Waals surface area contributed by atoms with Crippen LogP contribution in [0.1, 0.15) is 19.8 Å². The Labute approximate surface area is 208 Å². The van der Waals surface area contributed by atoms with Gasteiger partial charge in [0.15, 0.2) is 0 Å². The molecule has 2 aliphatic rings. The summed E-state index contributed by atoms with van der Waals surface area (Å²) in [4.78, 5) is 24.3. The number of alkyl halides is 6. The first-order valence-electron chi connectivity index (χ1n) is 10.7. The standard InChI is InChI=1S/C16H25N3O3S.2C2HF3O2/c1-3-23(20,21)19-12-16(13-19)10-14(7-9-18(16)2)11-22-15-6-4-5-8-17-15;2*3-2(4,5)1(6)7/h4-6,8,14H,3,7,9-13H2,1-2H3;2*(H,6,7). The maximum atomic E-state index is 12.0. The Morgan fingerprint density at radius 2 is 1.62 bits per heavy atom. The number of carbonyl (C=O) groups is 2. The number of halogens is 6. The first-order valence-corrected chi connectivity index (χ1v) is 12.3. The van der Waals surface area contributed by atoms with Crippen LogP contribution < -0.4 is 4.74 Å². The van der Waals surface area contributed by atoms with Gasteiger partial charge in [-0.05, 0) is 45.3 Å². The Balaban J connectivity index is 0.000000404. The number of aromatic nitrogens is 1. The number of rotatable bonds is 5. The zero-order valence-corrected chi connectivity index (χ0v) is 20.6. The van der Waals surface area contributed by atoms with Crippen LogP contribution in [0.25, 0.3) is 0 Å². The van der Waals surface area contributed by atoms with E-state index in [0.29, 0.717) is 31.5 Å². The highest BCUT2D eigenvalue weighted by Gasteiger charge is 2.52. The fourth-order valence-corrected chi connectivity index (χ4v) is 4.79. The van der Waals surface area contributed by atoms with Crippen LogP contribution in [0.15, 0.2) is 24.4 Å². The number of sulfonamides is 1. The summed E-state index contributed by atoms with van der Waals surface area (Å²) in [6.45, 7) is 4.55. The fraction of sp³-hybridized carbons (Fsp3) is 0.650. The molecule has 2 aliphatic heterocycles. The van der Waals surface area contributed by atoms with E-state index in [1.807, 2.05) is 18.2 Å². The highest BCUT2D eigenvalue weighted by Crippen LogP contribution is 2.39. The van der Waals surface area contributed by atoms with Crippen LogP contribution in [0.3, 0.4) is 0 Å². The van der Waals surface area contributed by atoms with Crippen molar-refractivity contribution in [1.82, 2.24) is 14.2 Å². The van der Waals surface area contributed by atoms with Crippen LogP contribution in [0.4, 0.5) is 26.3 Å². The molecule has 2 saturated heterocycles. The Hall–Kier alpha value is -2.66. The molecule has 0 amide bonds. The summed E-state index contributed by atoms with van der Waals surface area (Å²) in [6, 6.07) is 5.65. The van der Waals surface area contributed by atoms with Gasteiger partial charge >= 0.3 is 24.3 Å². The third-order valence-corrected chi connectivity index (χ3v) is 7.41. The lowest BCUT2D eigenvalue weighted by Crippen LogP contribution is -2.72. The lowest BCUT2D eigenvalue weighted by Gasteiger charge is -2.57. The summed E-state index contributed by atoms with van der Waals surface area (Å²) in [5.74, 6) is -4.23. The van der Waals surface area contributed by atoms with Crippen LogP contribution in [0, 0.1) is 5.92 Å². The topological polar surface area (TPSA) is 137 Å². The zero-order valence-electron chi connectivity index (χ0n) is 19.8. The number of aliphatic carboxylic acids is 2. The third kappa shape index (κ3) is 9.96. The summed E-state index contributed by atoms with van der Waals surface area (Å²) in [7, 11) is -0.965. The van der Waals surface area contributed by atoms with E-state index >= 15 is 0 Å². The van der Waals surface area contributed by atoms with Crippen LogP contribution >= 0.6 is 0 Å². The molecule has 17 heteroatoms. The number of carboxylic acid groups (broad SMARTS) is 2. The highest BCUT2D eigenvalue weighted by molar-refractivity contribution is 7.89. The second-order valence-corrected chi connectivity index (χ2v) is 10.5. The van der Waals surface area contributed by atoms with Gasteiger partial charge in [0, 0.05) is 30.9 Å². The monoisotopic (exact) mass is 567 g/mol. The van der Waals surface area contributed by atoms with Crippen molar-refractivity contribution in [1.29, 1.82) is 0 Å². The van der Waals surface area contributed by atoms with Crippen molar-refractivity contribution in [2.45, 2.75) is 37.7 Å². The molecule has 0 aromatic carbocycles. The first kappa shape index (κ1) is 32.4. The number of hydrogen-bond acceptors (Lipinski definition) is 7. The second kappa shape index (κ2) is 12.7. The van der Waals surface area contributed by atoms with Crippen LogP contribution in [0.5, 0.6) is 5.88 Å². The zero-order chi connectivity index (χ0) is 28.7. The van der Waals surface area contributed by atoms with Gasteiger partial charge in [0.2, 0.25) is 15.9 Å². The minimum absolute atomic E-state index is 0.0152. The van der Waals surface area contributed by atoms with E-state index < -0.39 is 34.3 Å². The molecule has 1 aromatic heterocycles. The van der Waals surface area contributed by atoms with E-state index in [2.05, 4.69) is 16.9 Å². The summed E-state index contributed by atoms with van der Waals surface area (Å²) in [5, 5.41) is 14.2. The normalized spacial score (nSPS) is 19.9. The molecular formula is C20H27F6N3O7S. The number of hydrogen-bond donors (Lipinski definition) is 2. The molecule has 3 heterocycles. The molecule has 0 saturated carbocycles. The predicted molar refractivity (Wildman–Crippen MR) is 116 cm³/mol. The molecule has 212 valence electrons. The molecule has 37 heavy (non-hydrogen) atoms. The van der Waals surface area contributed by atoms with Gasteiger partial charge in [-0.3, -0.25) is 4.90 Å². The molecule has 1 unspecified atom stereocenters. The molecule has 0 aliphatic carbocycles. The van der Waals surface area contributed by atoms with Gasteiger partial charge < -0.3 is 14.9 Å². The van der Waals surface area contributed by atoms with Crippen molar-refractivity contribution < 1.29 is 59.3 Å². The molecule has 0 bridgehead atoms. The summed E-state index contributed by atoms with van der Waals surface area (Å²) in [5.41, 5.74) is -0.0152. The Bertz CT molecular complexity index is 976. The fourth-order valence-electron chi connectivity index (χ4n) is 3.55. The van der Waals surface area contributed by atoms with Gasteiger partial charge in [-0.1, -0.05) is 6.07 Å². The maximum absolute atomic E-state index is 12.0. The summed E-state index contributed by atoms with van der Waals surface area (Å²) in [6.07, 6.45) is -6.39. The van der Waals surface area contributed by atoms with Crippen molar-refractivity contribution in [3.8, 4) is 5.88 Å². The Kier molecular flexibility index (Phi) is 11.1. The molecule has 2 N–H and O–H groups in total. The smallest absolute Gasteiger partial charge is 0.477 e. The number of pyridine rings is 1. The van der Waals surface area contributed by atoms with E-state index in [1.54, 1.807) is 17.4 Å². The van der Waals surface area contributed by atoms with Crippen molar-refractivity contribution >= 4 is 22.0 Å². The average Bonchev–Trinajstić information content (AvgIpc) is 2.77. The highest BCUT2D eigenvalue weighted by atomic mass is 32.2. The van der Waals surface area contributed by atoms with Crippen LogP contribution in [-0.4, -0.2) is 102 Å². The Morgan fingerprint density at radius 1 is 1.11 bits per heavy atom. The van der Waals surface area contributed by atoms with Crippen molar-refractivity contribution in [3.63, 3.8) is 0 Å². The predicted octanol–water partition coefficient (Wildman–Crippen LogP) is 2.47. The largest absolute Gasteiger partial charge is 0.490 e. The maximum Gasteiger partial charge on any atom is 0.490 e. The Morgan fingerprint density at radius 3 is 2.03 bits per heavy atom. The van der Waals surface area contributed by atoms with Gasteiger partial charge in [-0.15, -0.1) is 0 Å². The summed E-state index contributed by atoms with van der Waals surface area (Å²) < 4.78 is 94.8. The lowest BCUT2D eigenvalue weighted by molar-refractivity contribution is -0.193. The van der Waals surface area contributed by atoms with E-state index in [4.69, 9.17) is 24.5 Å². The number of carboxylic acids is 2. The van der Waals surface area contributed by atoms with Crippen molar-refractivity contribution in [3.05, 3.63) is 24.4 Å².